The Balaban J connectivity index is 0.00000256. The van der Waals surface area contributed by atoms with Crippen LogP contribution in [0.2, 0.25) is 0 Å². The Labute approximate surface area is 103 Å². The summed E-state index contributed by atoms with van der Waals surface area (Å²) >= 11 is 0. The van der Waals surface area contributed by atoms with Crippen molar-refractivity contribution in [1.82, 2.24) is 0 Å². The van der Waals surface area contributed by atoms with Crippen molar-refractivity contribution in [3.8, 4) is 0 Å². The van der Waals surface area contributed by atoms with Crippen LogP contribution in [-0.4, -0.2) is 0 Å². The van der Waals surface area contributed by atoms with Crippen LogP contribution in [0.5, 0.6) is 0 Å². The summed E-state index contributed by atoms with van der Waals surface area (Å²) in [5, 5.41) is 0. The molecule has 1 rings (SSSR count). The zero-order chi connectivity index (χ0) is 12.3. The van der Waals surface area contributed by atoms with Gasteiger partial charge in [0.25, 0.3) is 0 Å². The first-order valence-electron chi connectivity index (χ1n) is 4.59. The number of halogens is 5. The maximum Gasteiger partial charge on any atom is 0.419 e. The predicted octanol–water partition coefficient (Wildman–Crippen LogP) is 3.84. The summed E-state index contributed by atoms with van der Waals surface area (Å²) in [6.07, 6.45) is -2.77. The van der Waals surface area contributed by atoms with E-state index >= 15 is 0 Å². The minimum Gasteiger partial charge on any atom is -0.324 e. The average Bonchev–Trinajstić information content (AvgIpc) is 2.16. The highest BCUT2D eigenvalue weighted by atomic mass is 35.5. The molecule has 0 bridgehead atoms. The third kappa shape index (κ3) is 4.02. The molecule has 1 nitrogen and oxygen atoms in total. The maximum atomic E-state index is 13.1. The van der Waals surface area contributed by atoms with Gasteiger partial charge in [0.15, 0.2) is 0 Å². The molecule has 0 aliphatic rings. The minimum atomic E-state index is -4.68. The Bertz CT molecular complexity index is 390. The molecule has 0 fully saturated rings. The molecule has 6 heteroatoms. The molecule has 0 radical (unpaired) electrons. The molecule has 1 aromatic carbocycles. The largest absolute Gasteiger partial charge is 0.419 e. The Morgan fingerprint density at radius 2 is 1.94 bits per heavy atom. The number of nitrogens with two attached hydrogens (primary N) is 1. The number of rotatable bonds is 3. The molecule has 0 saturated carbocycles. The van der Waals surface area contributed by atoms with E-state index < -0.39 is 23.6 Å². The van der Waals surface area contributed by atoms with Gasteiger partial charge in [-0.1, -0.05) is 12.1 Å². The van der Waals surface area contributed by atoms with E-state index in [4.69, 9.17) is 5.73 Å². The van der Waals surface area contributed by atoms with Crippen molar-refractivity contribution in [2.24, 2.45) is 5.73 Å². The molecule has 0 unspecified atom stereocenters. The van der Waals surface area contributed by atoms with E-state index in [0.717, 1.165) is 6.07 Å². The SMILES string of the molecule is C=CC[C@@H](N)c1ccc(C(F)(F)F)c(F)c1.Cl. The lowest BCUT2D eigenvalue weighted by Gasteiger charge is -2.12. The fourth-order valence-electron chi connectivity index (χ4n) is 1.31. The zero-order valence-corrected chi connectivity index (χ0v) is 9.61. The molecule has 0 saturated heterocycles. The molecule has 1 atom stereocenters. The monoisotopic (exact) mass is 269 g/mol. The van der Waals surface area contributed by atoms with Crippen molar-refractivity contribution >= 4 is 12.4 Å². The molecule has 2 N–H and O–H groups in total. The fourth-order valence-corrected chi connectivity index (χ4v) is 1.31. The minimum absolute atomic E-state index is 0. The van der Waals surface area contributed by atoms with Crippen LogP contribution in [0.4, 0.5) is 17.6 Å². The van der Waals surface area contributed by atoms with Crippen molar-refractivity contribution in [2.45, 2.75) is 18.6 Å². The summed E-state index contributed by atoms with van der Waals surface area (Å²) < 4.78 is 49.9. The van der Waals surface area contributed by atoms with E-state index in [1.165, 1.54) is 12.1 Å². The Morgan fingerprint density at radius 1 is 1.35 bits per heavy atom. The first-order chi connectivity index (χ1) is 7.36. The van der Waals surface area contributed by atoms with Gasteiger partial charge in [0.1, 0.15) is 5.82 Å². The number of hydrogen-bond donors (Lipinski definition) is 1. The Morgan fingerprint density at radius 3 is 2.35 bits per heavy atom. The number of hydrogen-bond acceptors (Lipinski definition) is 1. The van der Waals surface area contributed by atoms with Crippen LogP contribution in [0.15, 0.2) is 30.9 Å². The van der Waals surface area contributed by atoms with E-state index in [1.807, 2.05) is 0 Å². The highest BCUT2D eigenvalue weighted by Gasteiger charge is 2.34. The lowest BCUT2D eigenvalue weighted by atomic mass is 10.0. The van der Waals surface area contributed by atoms with Crippen molar-refractivity contribution in [3.05, 3.63) is 47.8 Å². The average molecular weight is 270 g/mol. The molecule has 96 valence electrons. The van der Waals surface area contributed by atoms with Gasteiger partial charge in [-0.3, -0.25) is 0 Å². The molecule has 0 amide bonds. The van der Waals surface area contributed by atoms with Gasteiger partial charge in [0, 0.05) is 6.04 Å². The first-order valence-corrected chi connectivity index (χ1v) is 4.59. The molecule has 0 aliphatic heterocycles. The summed E-state index contributed by atoms with van der Waals surface area (Å²) in [7, 11) is 0. The van der Waals surface area contributed by atoms with Crippen LogP contribution < -0.4 is 5.73 Å². The van der Waals surface area contributed by atoms with Gasteiger partial charge >= 0.3 is 6.18 Å². The van der Waals surface area contributed by atoms with E-state index in [0.29, 0.717) is 18.1 Å². The quantitative estimate of drug-likeness (QED) is 0.655. The van der Waals surface area contributed by atoms with E-state index in [-0.39, 0.29) is 12.4 Å². The van der Waals surface area contributed by atoms with Crippen molar-refractivity contribution in [1.29, 1.82) is 0 Å². The van der Waals surface area contributed by atoms with Crippen LogP contribution in [0.3, 0.4) is 0 Å². The standard InChI is InChI=1S/C11H11F4N.ClH/c1-2-3-10(16)7-4-5-8(9(12)6-7)11(13,14)15;/h2,4-6,10H,1,3,16H2;1H/t10-;/m1./s1. The van der Waals surface area contributed by atoms with Crippen LogP contribution in [0, 0.1) is 5.82 Å². The van der Waals surface area contributed by atoms with Gasteiger partial charge in [0.2, 0.25) is 0 Å². The summed E-state index contributed by atoms with van der Waals surface area (Å²) in [5.41, 5.74) is 4.66. The lowest BCUT2D eigenvalue weighted by Crippen LogP contribution is -2.12. The van der Waals surface area contributed by atoms with Gasteiger partial charge < -0.3 is 5.73 Å². The molecule has 1 aromatic rings. The highest BCUT2D eigenvalue weighted by Crippen LogP contribution is 2.32. The fraction of sp³-hybridized carbons (Fsp3) is 0.273. The van der Waals surface area contributed by atoms with Gasteiger partial charge in [-0.25, -0.2) is 4.39 Å². The zero-order valence-electron chi connectivity index (χ0n) is 8.80. The highest BCUT2D eigenvalue weighted by molar-refractivity contribution is 5.85. The van der Waals surface area contributed by atoms with Crippen LogP contribution in [0.1, 0.15) is 23.6 Å². The lowest BCUT2D eigenvalue weighted by molar-refractivity contribution is -0.140. The third-order valence-corrected chi connectivity index (χ3v) is 2.15. The Kier molecular flexibility index (Phi) is 5.64. The van der Waals surface area contributed by atoms with Crippen molar-refractivity contribution < 1.29 is 17.6 Å². The second kappa shape index (κ2) is 6.02. The number of alkyl halides is 3. The second-order valence-electron chi connectivity index (χ2n) is 3.37. The van der Waals surface area contributed by atoms with Gasteiger partial charge in [-0.05, 0) is 24.1 Å². The van der Waals surface area contributed by atoms with Crippen LogP contribution in [0.25, 0.3) is 0 Å². The molecule has 17 heavy (non-hydrogen) atoms. The van der Waals surface area contributed by atoms with E-state index in [2.05, 4.69) is 6.58 Å². The molecule has 0 aliphatic carbocycles. The molecule has 0 aromatic heterocycles. The summed E-state index contributed by atoms with van der Waals surface area (Å²) in [6, 6.07) is 2.17. The maximum absolute atomic E-state index is 13.1. The Hall–Kier alpha value is -1.07. The van der Waals surface area contributed by atoms with E-state index in [9.17, 15) is 17.6 Å². The van der Waals surface area contributed by atoms with Crippen molar-refractivity contribution in [2.75, 3.05) is 0 Å². The summed E-state index contributed by atoms with van der Waals surface area (Å²) in [6.45, 7) is 3.45. The summed E-state index contributed by atoms with van der Waals surface area (Å²) in [4.78, 5) is 0. The van der Waals surface area contributed by atoms with Crippen LogP contribution in [-0.2, 0) is 6.18 Å². The smallest absolute Gasteiger partial charge is 0.324 e. The summed E-state index contributed by atoms with van der Waals surface area (Å²) in [5.74, 6) is -1.30. The van der Waals surface area contributed by atoms with Crippen molar-refractivity contribution in [3.63, 3.8) is 0 Å². The van der Waals surface area contributed by atoms with Gasteiger partial charge in [-0.2, -0.15) is 13.2 Å². The molecular formula is C11H12ClF4N. The topological polar surface area (TPSA) is 26.0 Å². The first kappa shape index (κ1) is 15.9. The van der Waals surface area contributed by atoms with E-state index in [1.54, 1.807) is 0 Å². The molecule has 0 spiro atoms. The van der Waals surface area contributed by atoms with Gasteiger partial charge in [0.05, 0.1) is 5.56 Å². The third-order valence-electron chi connectivity index (χ3n) is 2.15. The molecule has 0 heterocycles. The van der Waals surface area contributed by atoms with Crippen LogP contribution >= 0.6 is 12.4 Å². The predicted molar refractivity (Wildman–Crippen MR) is 60.4 cm³/mol. The second-order valence-corrected chi connectivity index (χ2v) is 3.37. The molecular weight excluding hydrogens is 258 g/mol. The van der Waals surface area contributed by atoms with Gasteiger partial charge in [-0.15, -0.1) is 19.0 Å². The number of benzene rings is 1. The normalized spacial score (nSPS) is 12.8.